The molecule has 0 spiro atoms. The summed E-state index contributed by atoms with van der Waals surface area (Å²) < 4.78 is 0. The van der Waals surface area contributed by atoms with Crippen molar-refractivity contribution in [2.24, 2.45) is 0 Å². The van der Waals surface area contributed by atoms with Crippen LogP contribution >= 0.6 is 11.3 Å². The van der Waals surface area contributed by atoms with E-state index in [-0.39, 0.29) is 5.91 Å². The van der Waals surface area contributed by atoms with E-state index in [4.69, 9.17) is 0 Å². The first-order valence-electron chi connectivity index (χ1n) is 6.31. The second kappa shape index (κ2) is 6.31. The Bertz CT molecular complexity index is 380. The van der Waals surface area contributed by atoms with Gasteiger partial charge in [0.15, 0.2) is 0 Å². The highest BCUT2D eigenvalue weighted by Crippen LogP contribution is 2.07. The average molecular weight is 267 g/mol. The monoisotopic (exact) mass is 267 g/mol. The Hall–Kier alpha value is -0.910. The van der Waals surface area contributed by atoms with E-state index in [0.717, 1.165) is 31.7 Å². The minimum absolute atomic E-state index is 0.120. The molecule has 1 saturated heterocycles. The molecule has 0 saturated carbocycles. The maximum Gasteiger partial charge on any atom is 0.224 e. The van der Waals surface area contributed by atoms with Gasteiger partial charge in [-0.1, -0.05) is 0 Å². The fourth-order valence-electron chi connectivity index (χ4n) is 2.19. The molecule has 5 heteroatoms. The lowest BCUT2D eigenvalue weighted by Crippen LogP contribution is -2.54. The Balaban J connectivity index is 1.75. The van der Waals surface area contributed by atoms with E-state index in [2.05, 4.69) is 29.2 Å². The molecular formula is C13H21N3OS. The van der Waals surface area contributed by atoms with Crippen LogP contribution in [-0.4, -0.2) is 62.0 Å². The predicted molar refractivity (Wildman–Crippen MR) is 74.9 cm³/mol. The van der Waals surface area contributed by atoms with Crippen molar-refractivity contribution < 1.29 is 4.79 Å². The van der Waals surface area contributed by atoms with Gasteiger partial charge in [-0.3, -0.25) is 9.69 Å². The number of hydrogen-bond donors (Lipinski definition) is 1. The molecule has 1 aromatic rings. The van der Waals surface area contributed by atoms with Crippen LogP contribution < -0.4 is 5.32 Å². The molecule has 1 unspecified atom stereocenters. The van der Waals surface area contributed by atoms with Crippen LogP contribution in [0.1, 0.15) is 5.56 Å². The zero-order valence-electron chi connectivity index (χ0n) is 11.1. The Labute approximate surface area is 113 Å². The predicted octanol–water partition coefficient (Wildman–Crippen LogP) is 0.653. The molecule has 1 N–H and O–H groups in total. The SMILES string of the molecule is CN1CCN(C)C(CNC(=O)Cc2ccsc2)C1. The minimum atomic E-state index is 0.120. The summed E-state index contributed by atoms with van der Waals surface area (Å²) in [5.41, 5.74) is 1.10. The van der Waals surface area contributed by atoms with Gasteiger partial charge in [-0.25, -0.2) is 0 Å². The maximum atomic E-state index is 11.8. The van der Waals surface area contributed by atoms with Gasteiger partial charge in [0.2, 0.25) is 5.91 Å². The molecule has 0 bridgehead atoms. The third kappa shape index (κ3) is 3.80. The highest BCUT2D eigenvalue weighted by molar-refractivity contribution is 7.07. The molecule has 100 valence electrons. The highest BCUT2D eigenvalue weighted by Gasteiger charge is 2.22. The number of carbonyl (C=O) groups excluding carboxylic acids is 1. The number of nitrogens with one attached hydrogen (secondary N) is 1. The molecule has 2 heterocycles. The largest absolute Gasteiger partial charge is 0.354 e. The zero-order chi connectivity index (χ0) is 13.0. The molecule has 1 amide bonds. The van der Waals surface area contributed by atoms with E-state index in [1.165, 1.54) is 0 Å². The first kappa shape index (κ1) is 13.5. The van der Waals surface area contributed by atoms with Crippen molar-refractivity contribution in [1.29, 1.82) is 0 Å². The van der Waals surface area contributed by atoms with Crippen molar-refractivity contribution in [3.05, 3.63) is 22.4 Å². The van der Waals surface area contributed by atoms with Crippen LogP contribution in [0.4, 0.5) is 0 Å². The fraction of sp³-hybridized carbons (Fsp3) is 0.615. The van der Waals surface area contributed by atoms with Crippen molar-refractivity contribution in [2.45, 2.75) is 12.5 Å². The lowest BCUT2D eigenvalue weighted by atomic mass is 10.1. The lowest BCUT2D eigenvalue weighted by Gasteiger charge is -2.37. The number of thiophene rings is 1. The third-order valence-electron chi connectivity index (χ3n) is 3.46. The summed E-state index contributed by atoms with van der Waals surface area (Å²) in [6.45, 7) is 3.94. The molecule has 1 atom stereocenters. The normalized spacial score (nSPS) is 22.0. The summed E-state index contributed by atoms with van der Waals surface area (Å²) >= 11 is 1.63. The van der Waals surface area contributed by atoms with E-state index in [1.807, 2.05) is 16.8 Å². The Morgan fingerprint density at radius 3 is 3.06 bits per heavy atom. The summed E-state index contributed by atoms with van der Waals surface area (Å²) in [7, 11) is 4.26. The topological polar surface area (TPSA) is 35.6 Å². The summed E-state index contributed by atoms with van der Waals surface area (Å²) in [5.74, 6) is 0.120. The van der Waals surface area contributed by atoms with Gasteiger partial charge in [-0.05, 0) is 36.5 Å². The quantitative estimate of drug-likeness (QED) is 0.870. The van der Waals surface area contributed by atoms with Gasteiger partial charge >= 0.3 is 0 Å². The number of amides is 1. The van der Waals surface area contributed by atoms with Crippen LogP contribution in [0, 0.1) is 0 Å². The second-order valence-corrected chi connectivity index (χ2v) is 5.79. The van der Waals surface area contributed by atoms with Crippen molar-refractivity contribution in [3.8, 4) is 0 Å². The van der Waals surface area contributed by atoms with Gasteiger partial charge in [-0.15, -0.1) is 0 Å². The summed E-state index contributed by atoms with van der Waals surface area (Å²) in [5, 5.41) is 7.07. The Morgan fingerprint density at radius 1 is 1.50 bits per heavy atom. The number of nitrogens with zero attached hydrogens (tertiary/aromatic N) is 2. The van der Waals surface area contributed by atoms with Gasteiger partial charge in [-0.2, -0.15) is 11.3 Å². The van der Waals surface area contributed by atoms with E-state index >= 15 is 0 Å². The van der Waals surface area contributed by atoms with Crippen LogP contribution in [0.5, 0.6) is 0 Å². The van der Waals surface area contributed by atoms with Crippen molar-refractivity contribution in [3.63, 3.8) is 0 Å². The fourth-order valence-corrected chi connectivity index (χ4v) is 2.86. The molecule has 0 radical (unpaired) electrons. The molecule has 2 rings (SSSR count). The number of hydrogen-bond acceptors (Lipinski definition) is 4. The number of rotatable bonds is 4. The van der Waals surface area contributed by atoms with E-state index in [1.54, 1.807) is 11.3 Å². The number of likely N-dealkylation sites (N-methyl/N-ethyl adjacent to an activating group) is 2. The van der Waals surface area contributed by atoms with Gasteiger partial charge in [0.25, 0.3) is 0 Å². The van der Waals surface area contributed by atoms with Gasteiger partial charge < -0.3 is 10.2 Å². The van der Waals surface area contributed by atoms with Crippen LogP contribution in [0.2, 0.25) is 0 Å². The molecule has 1 aromatic heterocycles. The maximum absolute atomic E-state index is 11.8. The third-order valence-corrected chi connectivity index (χ3v) is 4.19. The van der Waals surface area contributed by atoms with E-state index < -0.39 is 0 Å². The Morgan fingerprint density at radius 2 is 2.33 bits per heavy atom. The standard InChI is InChI=1S/C13H21N3OS/c1-15-4-5-16(2)12(9-15)8-14-13(17)7-11-3-6-18-10-11/h3,6,10,12H,4-5,7-9H2,1-2H3,(H,14,17). The molecule has 1 fully saturated rings. The van der Waals surface area contributed by atoms with Crippen LogP contribution in [0.3, 0.4) is 0 Å². The minimum Gasteiger partial charge on any atom is -0.354 e. The van der Waals surface area contributed by atoms with Crippen molar-refractivity contribution >= 4 is 17.2 Å². The summed E-state index contributed by atoms with van der Waals surface area (Å²) in [6, 6.07) is 2.43. The van der Waals surface area contributed by atoms with Crippen LogP contribution in [0.25, 0.3) is 0 Å². The van der Waals surface area contributed by atoms with Crippen molar-refractivity contribution in [2.75, 3.05) is 40.3 Å². The van der Waals surface area contributed by atoms with Crippen LogP contribution in [-0.2, 0) is 11.2 Å². The zero-order valence-corrected chi connectivity index (χ0v) is 11.9. The second-order valence-electron chi connectivity index (χ2n) is 5.01. The smallest absolute Gasteiger partial charge is 0.224 e. The van der Waals surface area contributed by atoms with Gasteiger partial charge in [0.05, 0.1) is 6.42 Å². The molecule has 0 aromatic carbocycles. The molecule has 18 heavy (non-hydrogen) atoms. The van der Waals surface area contributed by atoms with E-state index in [0.29, 0.717) is 12.5 Å². The molecule has 1 aliphatic rings. The van der Waals surface area contributed by atoms with E-state index in [9.17, 15) is 4.79 Å². The van der Waals surface area contributed by atoms with Gasteiger partial charge in [0.1, 0.15) is 0 Å². The molecular weight excluding hydrogens is 246 g/mol. The Kier molecular flexibility index (Phi) is 4.74. The average Bonchev–Trinajstić information content (AvgIpc) is 2.83. The van der Waals surface area contributed by atoms with Gasteiger partial charge in [0, 0.05) is 32.2 Å². The first-order chi connectivity index (χ1) is 8.65. The van der Waals surface area contributed by atoms with Crippen molar-refractivity contribution in [1.82, 2.24) is 15.1 Å². The molecule has 1 aliphatic heterocycles. The summed E-state index contributed by atoms with van der Waals surface area (Å²) in [6.07, 6.45) is 0.496. The van der Waals surface area contributed by atoms with Crippen LogP contribution in [0.15, 0.2) is 16.8 Å². The molecule has 4 nitrogen and oxygen atoms in total. The highest BCUT2D eigenvalue weighted by atomic mass is 32.1. The number of carbonyl (C=O) groups is 1. The lowest BCUT2D eigenvalue weighted by molar-refractivity contribution is -0.120. The molecule has 0 aliphatic carbocycles. The first-order valence-corrected chi connectivity index (χ1v) is 7.26. The summed E-state index contributed by atoms with van der Waals surface area (Å²) in [4.78, 5) is 16.4. The number of piperazine rings is 1.